The first-order chi connectivity index (χ1) is 28.3. The molecule has 0 radical (unpaired) electrons. The molecule has 0 amide bonds. The van der Waals surface area contributed by atoms with Crippen LogP contribution < -0.4 is 4.90 Å². The molecule has 0 fully saturated rings. The van der Waals surface area contributed by atoms with Crippen molar-refractivity contribution in [1.29, 1.82) is 0 Å². The van der Waals surface area contributed by atoms with Gasteiger partial charge in [-0.15, -0.1) is 0 Å². The Bertz CT molecular complexity index is 3060. The van der Waals surface area contributed by atoms with Crippen LogP contribution in [0, 0.1) is 0 Å². The number of rotatable bonds is 6. The second-order valence-electron chi connectivity index (χ2n) is 17.0. The third-order valence-electron chi connectivity index (χ3n) is 12.9. The fraction of sp³-hybridized carbons (Fsp3) is 0.107. The Labute approximate surface area is 340 Å². The summed E-state index contributed by atoms with van der Waals surface area (Å²) in [6.45, 7) is 9.68. The van der Waals surface area contributed by atoms with Crippen LogP contribution in [0.5, 0.6) is 0 Å². The van der Waals surface area contributed by atoms with Crippen LogP contribution in [0.1, 0.15) is 61.1 Å². The molecular formula is C56H44N2. The number of aromatic nitrogens is 1. The second kappa shape index (κ2) is 12.8. The maximum atomic E-state index is 2.46. The summed E-state index contributed by atoms with van der Waals surface area (Å²) in [4.78, 5) is 2.32. The number of fused-ring (bicyclic) bond motifs is 8. The first kappa shape index (κ1) is 34.4. The van der Waals surface area contributed by atoms with Gasteiger partial charge in [0.2, 0.25) is 0 Å². The number of hydrogen-bond donors (Lipinski definition) is 0. The highest BCUT2D eigenvalue weighted by Crippen LogP contribution is 2.62. The maximum Gasteiger partial charge on any atom is 0.0541 e. The zero-order valence-electron chi connectivity index (χ0n) is 33.4. The minimum atomic E-state index is -0.135. The number of benzene rings is 8. The summed E-state index contributed by atoms with van der Waals surface area (Å²) < 4.78 is 2.44. The lowest BCUT2D eigenvalue weighted by molar-refractivity contribution is 0.693. The average Bonchev–Trinajstić information content (AvgIpc) is 3.81. The van der Waals surface area contributed by atoms with Crippen molar-refractivity contribution in [2.75, 3.05) is 4.90 Å². The van der Waals surface area contributed by atoms with E-state index in [1.54, 1.807) is 0 Å². The molecular weight excluding hydrogens is 701 g/mol. The molecule has 278 valence electrons. The minimum absolute atomic E-state index is 0.126. The van der Waals surface area contributed by atoms with Crippen molar-refractivity contribution in [2.24, 2.45) is 0 Å². The lowest BCUT2D eigenvalue weighted by Crippen LogP contribution is -2.19. The highest BCUT2D eigenvalue weighted by atomic mass is 15.1. The van der Waals surface area contributed by atoms with E-state index in [9.17, 15) is 0 Å². The Kier molecular flexibility index (Phi) is 7.59. The molecule has 8 aromatic carbocycles. The fourth-order valence-electron chi connectivity index (χ4n) is 10.1. The fourth-order valence-corrected chi connectivity index (χ4v) is 10.1. The molecule has 58 heavy (non-hydrogen) atoms. The first-order valence-corrected chi connectivity index (χ1v) is 20.4. The van der Waals surface area contributed by atoms with E-state index in [2.05, 4.69) is 231 Å². The van der Waals surface area contributed by atoms with Crippen molar-refractivity contribution in [3.8, 4) is 5.69 Å². The molecule has 2 aliphatic carbocycles. The monoisotopic (exact) mass is 744 g/mol. The van der Waals surface area contributed by atoms with E-state index < -0.39 is 0 Å². The van der Waals surface area contributed by atoms with Crippen molar-refractivity contribution in [3.63, 3.8) is 0 Å². The number of hydrogen-bond acceptors (Lipinski definition) is 1. The molecule has 2 nitrogen and oxygen atoms in total. The molecule has 2 heteroatoms. The van der Waals surface area contributed by atoms with Gasteiger partial charge in [0.15, 0.2) is 0 Å². The summed E-state index contributed by atoms with van der Waals surface area (Å²) in [5.41, 5.74) is 17.9. The third-order valence-corrected chi connectivity index (χ3v) is 12.9. The second-order valence-corrected chi connectivity index (χ2v) is 17.0. The van der Waals surface area contributed by atoms with Crippen molar-refractivity contribution in [1.82, 2.24) is 4.57 Å². The molecule has 0 aliphatic heterocycles. The van der Waals surface area contributed by atoms with Crippen LogP contribution >= 0.6 is 0 Å². The molecule has 0 unspecified atom stereocenters. The van der Waals surface area contributed by atoms with Crippen LogP contribution in [0.4, 0.5) is 17.1 Å². The van der Waals surface area contributed by atoms with Gasteiger partial charge < -0.3 is 9.47 Å². The molecule has 9 aromatic rings. The van der Waals surface area contributed by atoms with Gasteiger partial charge in [0.1, 0.15) is 0 Å². The van der Waals surface area contributed by atoms with Crippen LogP contribution in [-0.2, 0) is 10.8 Å². The molecule has 0 atom stereocenters. The van der Waals surface area contributed by atoms with E-state index in [4.69, 9.17) is 0 Å². The molecule has 11 rings (SSSR count). The average molecular weight is 745 g/mol. The minimum Gasteiger partial charge on any atom is -0.310 e. The summed E-state index contributed by atoms with van der Waals surface area (Å²) in [6.07, 6.45) is 4.53. The zero-order chi connectivity index (χ0) is 39.2. The van der Waals surface area contributed by atoms with Gasteiger partial charge in [0, 0.05) is 44.4 Å². The smallest absolute Gasteiger partial charge is 0.0541 e. The molecule has 0 bridgehead atoms. The topological polar surface area (TPSA) is 8.17 Å². The van der Waals surface area contributed by atoms with Crippen molar-refractivity contribution in [2.45, 2.75) is 38.5 Å². The summed E-state index contributed by atoms with van der Waals surface area (Å²) in [6, 6.07) is 66.6. The predicted molar refractivity (Wildman–Crippen MR) is 248 cm³/mol. The Morgan fingerprint density at radius 3 is 1.52 bits per heavy atom. The van der Waals surface area contributed by atoms with E-state index in [-0.39, 0.29) is 10.8 Å². The Hall–Kier alpha value is -6.90. The van der Waals surface area contributed by atoms with E-state index in [1.165, 1.54) is 82.8 Å². The van der Waals surface area contributed by atoms with E-state index in [0.717, 1.165) is 17.1 Å². The van der Waals surface area contributed by atoms with E-state index in [0.29, 0.717) is 0 Å². The van der Waals surface area contributed by atoms with Gasteiger partial charge in [-0.1, -0.05) is 155 Å². The molecule has 0 N–H and O–H groups in total. The van der Waals surface area contributed by atoms with Gasteiger partial charge in [-0.25, -0.2) is 0 Å². The molecule has 2 aliphatic rings. The molecule has 0 saturated heterocycles. The third kappa shape index (κ3) is 5.18. The number of anilines is 3. The number of nitrogens with zero attached hydrogens (tertiary/aromatic N) is 2. The lowest BCUT2D eigenvalue weighted by atomic mass is 9.75. The van der Waals surface area contributed by atoms with Crippen LogP contribution in [0.3, 0.4) is 0 Å². The Morgan fingerprint density at radius 1 is 0.414 bits per heavy atom. The summed E-state index contributed by atoms with van der Waals surface area (Å²) in [5.74, 6) is 0. The lowest BCUT2D eigenvalue weighted by Gasteiger charge is -2.28. The van der Waals surface area contributed by atoms with Gasteiger partial charge in [-0.3, -0.25) is 0 Å². The van der Waals surface area contributed by atoms with Gasteiger partial charge in [-0.05, 0) is 122 Å². The summed E-state index contributed by atoms with van der Waals surface area (Å²) >= 11 is 0. The normalized spacial score (nSPS) is 15.0. The summed E-state index contributed by atoms with van der Waals surface area (Å²) in [5, 5.41) is 5.03. The standard InChI is InChI=1S/C56H44N2/c1-55(2)49-34-38(24-23-37-25-27-40-35-43(29-28-39(40)33-37)57(41-15-7-5-8-16-41)42-17-9-6-10-18-42)26-31-47(49)53-54(55)48-32-30-44(36-50(48)56(53,3)4)58-51-21-13-11-19-45(51)46-20-12-14-22-52(46)58/h5-36H,1-4H3. The van der Waals surface area contributed by atoms with Crippen LogP contribution in [-0.4, -0.2) is 4.57 Å². The quantitative estimate of drug-likeness (QED) is 0.154. The van der Waals surface area contributed by atoms with Gasteiger partial charge >= 0.3 is 0 Å². The van der Waals surface area contributed by atoms with E-state index in [1.807, 2.05) is 0 Å². The highest BCUT2D eigenvalue weighted by Gasteiger charge is 2.49. The molecule has 1 heterocycles. The Balaban J connectivity index is 0.898. The SMILES string of the molecule is CC1(C)C2=C(c3ccc(C=Cc4ccc5cc(N(c6ccccc6)c6ccccc6)ccc5c4)cc31)C(C)(C)c1cc(-n3c4ccccc4c4ccccc43)ccc12. The Morgan fingerprint density at radius 2 is 0.897 bits per heavy atom. The zero-order valence-corrected chi connectivity index (χ0v) is 33.4. The predicted octanol–water partition coefficient (Wildman–Crippen LogP) is 15.1. The molecule has 0 spiro atoms. The van der Waals surface area contributed by atoms with E-state index >= 15 is 0 Å². The number of allylic oxidation sites excluding steroid dienone is 2. The van der Waals surface area contributed by atoms with Crippen molar-refractivity contribution in [3.05, 3.63) is 215 Å². The van der Waals surface area contributed by atoms with Crippen molar-refractivity contribution >= 4 is 72.9 Å². The number of para-hydroxylation sites is 4. The highest BCUT2D eigenvalue weighted by molar-refractivity contribution is 6.11. The van der Waals surface area contributed by atoms with Crippen LogP contribution in [0.15, 0.2) is 182 Å². The van der Waals surface area contributed by atoms with Crippen LogP contribution in [0.2, 0.25) is 0 Å². The van der Waals surface area contributed by atoms with Gasteiger partial charge in [0.25, 0.3) is 0 Å². The maximum absolute atomic E-state index is 2.46. The first-order valence-electron chi connectivity index (χ1n) is 20.4. The van der Waals surface area contributed by atoms with Gasteiger partial charge in [-0.2, -0.15) is 0 Å². The van der Waals surface area contributed by atoms with Crippen LogP contribution in [0.25, 0.3) is 61.6 Å². The largest absolute Gasteiger partial charge is 0.310 e. The van der Waals surface area contributed by atoms with Gasteiger partial charge in [0.05, 0.1) is 11.0 Å². The van der Waals surface area contributed by atoms with Crippen molar-refractivity contribution < 1.29 is 0 Å². The molecule has 0 saturated carbocycles. The summed E-state index contributed by atoms with van der Waals surface area (Å²) in [7, 11) is 0. The molecule has 1 aromatic heterocycles.